The monoisotopic (exact) mass is 516 g/mol. The van der Waals surface area contributed by atoms with Gasteiger partial charge in [0, 0.05) is 19.1 Å². The fourth-order valence-electron chi connectivity index (χ4n) is 6.33. The lowest BCUT2D eigenvalue weighted by atomic mass is 9.65. The lowest BCUT2D eigenvalue weighted by molar-refractivity contribution is 0.192. The second-order valence-electron chi connectivity index (χ2n) is 11.1. The van der Waals surface area contributed by atoms with Gasteiger partial charge in [0.15, 0.2) is 0 Å². The molecule has 1 unspecified atom stereocenters. The summed E-state index contributed by atoms with van der Waals surface area (Å²) < 4.78 is 25.9. The van der Waals surface area contributed by atoms with Crippen molar-refractivity contribution < 1.29 is 13.9 Å². The van der Waals surface area contributed by atoms with E-state index >= 15 is 0 Å². The van der Waals surface area contributed by atoms with Crippen LogP contribution in [-0.4, -0.2) is 20.3 Å². The predicted molar refractivity (Wildman–Crippen MR) is 157 cm³/mol. The molecule has 0 amide bonds. The van der Waals surface area contributed by atoms with Crippen molar-refractivity contribution >= 4 is 0 Å². The number of hydrogen-bond acceptors (Lipinski definition) is 2. The van der Waals surface area contributed by atoms with Gasteiger partial charge in [-0.1, -0.05) is 108 Å². The average Bonchev–Trinajstić information content (AvgIpc) is 3.22. The van der Waals surface area contributed by atoms with Crippen molar-refractivity contribution in [3.05, 3.63) is 89.2 Å². The molecule has 1 aliphatic rings. The minimum absolute atomic E-state index is 0.192. The molecule has 3 aromatic rings. The molecule has 0 aliphatic heterocycles. The molecule has 0 bridgehead atoms. The Bertz CT molecular complexity index is 1150. The zero-order valence-corrected chi connectivity index (χ0v) is 23.6. The third kappa shape index (κ3) is 6.31. The first-order valence-corrected chi connectivity index (χ1v) is 14.7. The van der Waals surface area contributed by atoms with Gasteiger partial charge < -0.3 is 9.47 Å². The Hall–Kier alpha value is -2.65. The molecular weight excluding hydrogens is 471 g/mol. The van der Waals surface area contributed by atoms with Gasteiger partial charge in [-0.2, -0.15) is 0 Å². The van der Waals surface area contributed by atoms with Gasteiger partial charge in [-0.25, -0.2) is 4.39 Å². The second-order valence-corrected chi connectivity index (χ2v) is 11.1. The van der Waals surface area contributed by atoms with E-state index in [4.69, 9.17) is 9.47 Å². The van der Waals surface area contributed by atoms with Gasteiger partial charge in [-0.05, 0) is 70.8 Å². The van der Waals surface area contributed by atoms with E-state index in [1.54, 1.807) is 13.2 Å². The number of unbranched alkanes of at least 4 members (excludes halogenated alkanes) is 9. The van der Waals surface area contributed by atoms with Gasteiger partial charge in [0.05, 0.1) is 6.61 Å². The zero-order valence-electron chi connectivity index (χ0n) is 23.6. The van der Waals surface area contributed by atoms with Gasteiger partial charge in [0.2, 0.25) is 0 Å². The summed E-state index contributed by atoms with van der Waals surface area (Å²) in [6.07, 6.45) is 12.7. The molecule has 1 atom stereocenters. The molecule has 1 aliphatic carbocycles. The van der Waals surface area contributed by atoms with E-state index in [1.165, 1.54) is 86.1 Å². The van der Waals surface area contributed by atoms with Crippen LogP contribution >= 0.6 is 0 Å². The number of rotatable bonds is 16. The Labute approximate surface area is 229 Å². The summed E-state index contributed by atoms with van der Waals surface area (Å²) in [6, 6.07) is 22.3. The van der Waals surface area contributed by atoms with Crippen LogP contribution in [0, 0.1) is 11.7 Å². The van der Waals surface area contributed by atoms with Crippen LogP contribution in [0.3, 0.4) is 0 Å². The Balaban J connectivity index is 1.35. The zero-order chi connectivity index (χ0) is 26.8. The van der Waals surface area contributed by atoms with Crippen LogP contribution in [0.1, 0.15) is 94.7 Å². The maximum Gasteiger partial charge on any atom is 0.123 e. The van der Waals surface area contributed by atoms with Crippen molar-refractivity contribution in [2.24, 2.45) is 5.92 Å². The smallest absolute Gasteiger partial charge is 0.123 e. The molecule has 0 radical (unpaired) electrons. The van der Waals surface area contributed by atoms with Crippen LogP contribution in [0.15, 0.2) is 66.7 Å². The van der Waals surface area contributed by atoms with E-state index in [2.05, 4.69) is 62.4 Å². The summed E-state index contributed by atoms with van der Waals surface area (Å²) in [7, 11) is 1.78. The third-order valence-electron chi connectivity index (χ3n) is 8.22. The number of benzene rings is 3. The Morgan fingerprint density at radius 1 is 0.658 bits per heavy atom. The standard InChI is InChI=1S/C35H45FO2/c1-27(2)35(28-17-16-18-29(36)25-28)33-20-13-12-19-31(33)32-22-21-30(26-34(32)35)38-24-15-11-9-7-5-4-6-8-10-14-23-37-3/h12-13,16-22,25-27H,4-11,14-15,23-24H2,1-3H3. The van der Waals surface area contributed by atoms with Crippen molar-refractivity contribution in [3.8, 4) is 16.9 Å². The maximum absolute atomic E-state index is 14.5. The van der Waals surface area contributed by atoms with Gasteiger partial charge in [-0.3, -0.25) is 0 Å². The summed E-state index contributed by atoms with van der Waals surface area (Å²) in [4.78, 5) is 0. The van der Waals surface area contributed by atoms with Crippen LogP contribution < -0.4 is 4.74 Å². The fraction of sp³-hybridized carbons (Fsp3) is 0.486. The summed E-state index contributed by atoms with van der Waals surface area (Å²) in [5, 5.41) is 0. The number of fused-ring (bicyclic) bond motifs is 3. The highest BCUT2D eigenvalue weighted by Gasteiger charge is 2.47. The van der Waals surface area contributed by atoms with Crippen LogP contribution in [0.2, 0.25) is 0 Å². The summed E-state index contributed by atoms with van der Waals surface area (Å²) in [6.45, 7) is 6.12. The lowest BCUT2D eigenvalue weighted by Gasteiger charge is -2.37. The molecule has 0 saturated heterocycles. The van der Waals surface area contributed by atoms with Gasteiger partial charge in [0.25, 0.3) is 0 Å². The largest absolute Gasteiger partial charge is 0.494 e. The van der Waals surface area contributed by atoms with Crippen molar-refractivity contribution in [2.45, 2.75) is 83.5 Å². The van der Waals surface area contributed by atoms with E-state index in [9.17, 15) is 4.39 Å². The molecule has 2 nitrogen and oxygen atoms in total. The Morgan fingerprint density at radius 2 is 1.29 bits per heavy atom. The number of hydrogen-bond donors (Lipinski definition) is 0. The molecule has 0 heterocycles. The quantitative estimate of drug-likeness (QED) is 0.176. The molecule has 204 valence electrons. The molecule has 3 aromatic carbocycles. The first-order valence-electron chi connectivity index (χ1n) is 14.7. The normalized spacial score (nSPS) is 16.0. The number of halogens is 1. The number of ether oxygens (including phenoxy) is 2. The van der Waals surface area contributed by atoms with Crippen LogP contribution in [0.4, 0.5) is 4.39 Å². The maximum atomic E-state index is 14.5. The predicted octanol–water partition coefficient (Wildman–Crippen LogP) is 9.72. The molecule has 0 spiro atoms. The van der Waals surface area contributed by atoms with Crippen molar-refractivity contribution in [1.82, 2.24) is 0 Å². The molecule has 4 rings (SSSR count). The molecule has 0 fully saturated rings. The minimum atomic E-state index is -0.406. The average molecular weight is 517 g/mol. The highest BCUT2D eigenvalue weighted by Crippen LogP contribution is 2.56. The molecule has 3 heteroatoms. The molecule has 0 N–H and O–H groups in total. The third-order valence-corrected chi connectivity index (χ3v) is 8.22. The van der Waals surface area contributed by atoms with E-state index in [1.807, 2.05) is 6.07 Å². The van der Waals surface area contributed by atoms with Crippen LogP contribution in [0.5, 0.6) is 5.75 Å². The highest BCUT2D eigenvalue weighted by molar-refractivity contribution is 5.84. The lowest BCUT2D eigenvalue weighted by Crippen LogP contribution is -2.33. The summed E-state index contributed by atoms with van der Waals surface area (Å²) >= 11 is 0. The summed E-state index contributed by atoms with van der Waals surface area (Å²) in [5.41, 5.74) is 5.54. The molecule has 0 aromatic heterocycles. The van der Waals surface area contributed by atoms with Crippen LogP contribution in [-0.2, 0) is 10.2 Å². The topological polar surface area (TPSA) is 18.5 Å². The van der Waals surface area contributed by atoms with Gasteiger partial charge in [0.1, 0.15) is 11.6 Å². The van der Waals surface area contributed by atoms with Crippen molar-refractivity contribution in [3.63, 3.8) is 0 Å². The van der Waals surface area contributed by atoms with E-state index in [0.29, 0.717) is 0 Å². The molecule has 38 heavy (non-hydrogen) atoms. The first kappa shape index (κ1) is 28.4. The SMILES string of the molecule is COCCCCCCCCCCCCOc1ccc2c(c1)C(c1cccc(F)c1)(C(C)C)c1ccccc1-2. The number of methoxy groups -OCH3 is 1. The summed E-state index contributed by atoms with van der Waals surface area (Å²) in [5.74, 6) is 0.960. The van der Waals surface area contributed by atoms with E-state index in [0.717, 1.165) is 30.9 Å². The first-order chi connectivity index (χ1) is 18.6. The van der Waals surface area contributed by atoms with Crippen molar-refractivity contribution in [1.29, 1.82) is 0 Å². The van der Waals surface area contributed by atoms with E-state index < -0.39 is 5.41 Å². The molecule has 0 saturated carbocycles. The minimum Gasteiger partial charge on any atom is -0.494 e. The van der Waals surface area contributed by atoms with Crippen LogP contribution in [0.25, 0.3) is 11.1 Å². The van der Waals surface area contributed by atoms with E-state index in [-0.39, 0.29) is 11.7 Å². The van der Waals surface area contributed by atoms with Crippen molar-refractivity contribution in [2.75, 3.05) is 20.3 Å². The fourth-order valence-corrected chi connectivity index (χ4v) is 6.33. The molecular formula is C35H45FO2. The van der Waals surface area contributed by atoms with Gasteiger partial charge in [-0.15, -0.1) is 0 Å². The Morgan fingerprint density at radius 3 is 1.95 bits per heavy atom. The second kappa shape index (κ2) is 13.9. The highest BCUT2D eigenvalue weighted by atomic mass is 19.1. The van der Waals surface area contributed by atoms with Gasteiger partial charge >= 0.3 is 0 Å². The Kier molecular flexibility index (Phi) is 10.4.